The van der Waals surface area contributed by atoms with Gasteiger partial charge in [0.25, 0.3) is 0 Å². The van der Waals surface area contributed by atoms with E-state index in [2.05, 4.69) is 10.5 Å². The molecule has 8 heteroatoms. The van der Waals surface area contributed by atoms with Crippen molar-refractivity contribution in [3.63, 3.8) is 0 Å². The molecule has 21 heavy (non-hydrogen) atoms. The van der Waals surface area contributed by atoms with Crippen LogP contribution < -0.4 is 5.43 Å². The van der Waals surface area contributed by atoms with Crippen molar-refractivity contribution in [1.29, 1.82) is 0 Å². The summed E-state index contributed by atoms with van der Waals surface area (Å²) in [6, 6.07) is 3.01. The van der Waals surface area contributed by atoms with Gasteiger partial charge in [0.15, 0.2) is 5.76 Å². The van der Waals surface area contributed by atoms with E-state index in [1.807, 2.05) is 0 Å². The highest BCUT2D eigenvalue weighted by Gasteiger charge is 2.46. The smallest absolute Gasteiger partial charge is 0.450 e. The van der Waals surface area contributed by atoms with E-state index in [0.29, 0.717) is 12.2 Å². The lowest BCUT2D eigenvalue weighted by Crippen LogP contribution is -2.33. The fourth-order valence-electron chi connectivity index (χ4n) is 2.18. The summed E-state index contributed by atoms with van der Waals surface area (Å²) in [4.78, 5) is 22.9. The van der Waals surface area contributed by atoms with Crippen LogP contribution in [0.3, 0.4) is 0 Å². The number of furan rings is 1. The summed E-state index contributed by atoms with van der Waals surface area (Å²) < 4.78 is 42.4. The monoisotopic (exact) mass is 302 g/mol. The van der Waals surface area contributed by atoms with Crippen LogP contribution in [0.2, 0.25) is 0 Å². The summed E-state index contributed by atoms with van der Waals surface area (Å²) in [7, 11) is 0. The molecule has 1 heterocycles. The lowest BCUT2D eigenvalue weighted by molar-refractivity contribution is -0.173. The number of carbonyl (C=O) groups excluding carboxylic acids is 2. The van der Waals surface area contributed by atoms with Gasteiger partial charge in [-0.3, -0.25) is 9.59 Å². The average molecular weight is 302 g/mol. The topological polar surface area (TPSA) is 71.7 Å². The molecule has 1 aliphatic carbocycles. The summed E-state index contributed by atoms with van der Waals surface area (Å²) in [6.45, 7) is 1.65. The molecule has 1 atom stereocenters. The van der Waals surface area contributed by atoms with Gasteiger partial charge in [0, 0.05) is 5.71 Å². The molecule has 0 spiro atoms. The summed E-state index contributed by atoms with van der Waals surface area (Å²) in [5, 5.41) is 3.66. The second-order valence-electron chi connectivity index (χ2n) is 4.76. The van der Waals surface area contributed by atoms with E-state index in [-0.39, 0.29) is 24.3 Å². The summed E-state index contributed by atoms with van der Waals surface area (Å²) in [5.41, 5.74) is 2.18. The third kappa shape index (κ3) is 3.50. The van der Waals surface area contributed by atoms with Gasteiger partial charge in [0.05, 0.1) is 5.92 Å². The van der Waals surface area contributed by atoms with Crippen LogP contribution in [0.15, 0.2) is 21.7 Å². The van der Waals surface area contributed by atoms with E-state index in [1.54, 1.807) is 13.0 Å². The molecule has 0 aromatic carbocycles. The van der Waals surface area contributed by atoms with Crippen LogP contribution in [0.1, 0.15) is 35.6 Å². The van der Waals surface area contributed by atoms with Crippen molar-refractivity contribution in [2.24, 2.45) is 11.0 Å². The van der Waals surface area contributed by atoms with Crippen LogP contribution in [0, 0.1) is 12.8 Å². The normalized spacial score (nSPS) is 20.8. The van der Waals surface area contributed by atoms with Gasteiger partial charge in [-0.15, -0.1) is 0 Å². The molecule has 1 unspecified atom stereocenters. The van der Waals surface area contributed by atoms with Gasteiger partial charge in [-0.1, -0.05) is 0 Å². The molecular weight excluding hydrogens is 289 g/mol. The molecule has 0 saturated heterocycles. The van der Waals surface area contributed by atoms with Gasteiger partial charge >= 0.3 is 12.1 Å². The minimum absolute atomic E-state index is 0.00791. The molecule has 0 bridgehead atoms. The van der Waals surface area contributed by atoms with Gasteiger partial charge in [-0.25, -0.2) is 5.43 Å². The number of halogens is 3. The highest BCUT2D eigenvalue weighted by atomic mass is 19.4. The zero-order chi connectivity index (χ0) is 15.6. The minimum atomic E-state index is -4.89. The van der Waals surface area contributed by atoms with E-state index >= 15 is 0 Å². The Balaban J connectivity index is 2.06. The number of hydrogen-bond donors (Lipinski definition) is 1. The molecule has 1 saturated carbocycles. The Labute approximate surface area is 118 Å². The van der Waals surface area contributed by atoms with Gasteiger partial charge < -0.3 is 4.42 Å². The molecule has 0 aliphatic heterocycles. The van der Waals surface area contributed by atoms with Gasteiger partial charge in [0.2, 0.25) is 5.78 Å². The first-order valence-corrected chi connectivity index (χ1v) is 6.33. The van der Waals surface area contributed by atoms with Crippen molar-refractivity contribution in [3.05, 3.63) is 23.7 Å². The molecule has 5 nitrogen and oxygen atoms in total. The number of amides is 1. The van der Waals surface area contributed by atoms with Crippen LogP contribution >= 0.6 is 0 Å². The van der Waals surface area contributed by atoms with E-state index in [1.165, 1.54) is 6.07 Å². The molecule has 1 amide bonds. The third-order valence-corrected chi connectivity index (χ3v) is 3.19. The van der Waals surface area contributed by atoms with Crippen molar-refractivity contribution in [1.82, 2.24) is 5.43 Å². The molecule has 1 N–H and O–H groups in total. The van der Waals surface area contributed by atoms with Crippen molar-refractivity contribution < 1.29 is 27.2 Å². The zero-order valence-electron chi connectivity index (χ0n) is 11.2. The van der Waals surface area contributed by atoms with Crippen LogP contribution in [0.5, 0.6) is 0 Å². The molecule has 2 rings (SSSR count). The molecule has 1 aromatic heterocycles. The number of hydrogen-bond acceptors (Lipinski definition) is 4. The highest BCUT2D eigenvalue weighted by molar-refractivity contribution is 6.08. The number of ketones is 1. The van der Waals surface area contributed by atoms with Crippen molar-refractivity contribution in [2.75, 3.05) is 0 Å². The standard InChI is InChI=1S/C13H13F3N2O3/c1-7-5-6-10(21-7)12(20)18-17-9-4-2-3-8(9)11(19)13(14,15)16/h5-6,8H,2-4H2,1H3,(H,18,20). The number of alkyl halides is 3. The van der Waals surface area contributed by atoms with Crippen molar-refractivity contribution in [2.45, 2.75) is 32.4 Å². The second kappa shape index (κ2) is 5.71. The average Bonchev–Trinajstić information content (AvgIpc) is 3.02. The van der Waals surface area contributed by atoms with E-state index in [9.17, 15) is 22.8 Å². The van der Waals surface area contributed by atoms with Gasteiger partial charge in [-0.2, -0.15) is 18.3 Å². The first kappa shape index (κ1) is 15.3. The maximum absolute atomic E-state index is 12.4. The number of nitrogens with zero attached hydrogens (tertiary/aromatic N) is 1. The molecule has 1 fully saturated rings. The maximum Gasteiger partial charge on any atom is 0.450 e. The number of aryl methyl sites for hydroxylation is 1. The lowest BCUT2D eigenvalue weighted by atomic mass is 10.0. The maximum atomic E-state index is 12.4. The number of hydrazone groups is 1. The third-order valence-electron chi connectivity index (χ3n) is 3.19. The number of Topliss-reactive ketones (excluding diaryl/α,β-unsaturated/α-hetero) is 1. The number of rotatable bonds is 3. The number of nitrogens with one attached hydrogen (secondary N) is 1. The first-order chi connectivity index (χ1) is 9.79. The SMILES string of the molecule is Cc1ccc(C(=O)NN=C2CCCC2C(=O)C(F)(F)F)o1. The predicted octanol–water partition coefficient (Wildman–Crippen LogP) is 2.61. The first-order valence-electron chi connectivity index (χ1n) is 6.33. The Kier molecular flexibility index (Phi) is 4.15. The van der Waals surface area contributed by atoms with E-state index in [0.717, 1.165) is 0 Å². The summed E-state index contributed by atoms with van der Waals surface area (Å²) in [5.74, 6) is -3.25. The van der Waals surface area contributed by atoms with Gasteiger partial charge in [-0.05, 0) is 38.3 Å². The Morgan fingerprint density at radius 3 is 2.67 bits per heavy atom. The number of carbonyl (C=O) groups is 2. The largest absolute Gasteiger partial charge is 0.456 e. The minimum Gasteiger partial charge on any atom is -0.456 e. The Morgan fingerprint density at radius 1 is 1.38 bits per heavy atom. The van der Waals surface area contributed by atoms with Gasteiger partial charge in [0.1, 0.15) is 5.76 Å². The molecular formula is C13H13F3N2O3. The summed E-state index contributed by atoms with van der Waals surface area (Å²) in [6.07, 6.45) is -4.12. The molecule has 1 aromatic rings. The van der Waals surface area contributed by atoms with Crippen LogP contribution in [-0.4, -0.2) is 23.6 Å². The fourth-order valence-corrected chi connectivity index (χ4v) is 2.18. The zero-order valence-corrected chi connectivity index (χ0v) is 11.2. The van der Waals surface area contributed by atoms with E-state index in [4.69, 9.17) is 4.42 Å². The molecule has 0 radical (unpaired) electrons. The molecule has 1 aliphatic rings. The quantitative estimate of drug-likeness (QED) is 0.872. The lowest BCUT2D eigenvalue weighted by Gasteiger charge is -2.12. The van der Waals surface area contributed by atoms with E-state index < -0.39 is 23.8 Å². The Bertz CT molecular complexity index is 590. The van der Waals surface area contributed by atoms with Crippen molar-refractivity contribution in [3.8, 4) is 0 Å². The van der Waals surface area contributed by atoms with Crippen LogP contribution in [0.25, 0.3) is 0 Å². The second-order valence-corrected chi connectivity index (χ2v) is 4.76. The predicted molar refractivity (Wildman–Crippen MR) is 66.7 cm³/mol. The Hall–Kier alpha value is -2.12. The molecule has 114 valence electrons. The van der Waals surface area contributed by atoms with Crippen LogP contribution in [-0.2, 0) is 4.79 Å². The summed E-state index contributed by atoms with van der Waals surface area (Å²) >= 11 is 0. The fraction of sp³-hybridized carbons (Fsp3) is 0.462. The van der Waals surface area contributed by atoms with Crippen LogP contribution in [0.4, 0.5) is 13.2 Å². The highest BCUT2D eigenvalue weighted by Crippen LogP contribution is 2.30. The Morgan fingerprint density at radius 2 is 2.10 bits per heavy atom. The van der Waals surface area contributed by atoms with Crippen molar-refractivity contribution >= 4 is 17.4 Å².